The van der Waals surface area contributed by atoms with Crippen molar-refractivity contribution in [3.8, 4) is 0 Å². The average molecular weight is 352 g/mol. The summed E-state index contributed by atoms with van der Waals surface area (Å²) >= 11 is 0. The molecule has 2 aliphatic rings. The van der Waals surface area contributed by atoms with E-state index in [2.05, 4.69) is 6.07 Å². The van der Waals surface area contributed by atoms with E-state index in [9.17, 15) is 9.59 Å². The van der Waals surface area contributed by atoms with Gasteiger partial charge in [0.1, 0.15) is 5.92 Å². The van der Waals surface area contributed by atoms with Crippen LogP contribution in [0.25, 0.3) is 0 Å². The van der Waals surface area contributed by atoms with Crippen molar-refractivity contribution in [3.63, 3.8) is 0 Å². The fraction of sp³-hybridized carbons (Fsp3) is 0.556. The lowest BCUT2D eigenvalue weighted by atomic mass is 10.1. The number of halogens is 1. The van der Waals surface area contributed by atoms with Gasteiger partial charge in [-0.3, -0.25) is 9.59 Å². The molecule has 1 aromatic rings. The first kappa shape index (κ1) is 18.7. The fourth-order valence-electron chi connectivity index (χ4n) is 3.84. The van der Waals surface area contributed by atoms with Crippen molar-refractivity contribution in [2.45, 2.75) is 39.2 Å². The third-order valence-corrected chi connectivity index (χ3v) is 4.95. The van der Waals surface area contributed by atoms with Gasteiger partial charge >= 0.3 is 0 Å². The van der Waals surface area contributed by atoms with Crippen LogP contribution in [-0.4, -0.2) is 42.4 Å². The molecule has 2 N–H and O–H groups in total. The van der Waals surface area contributed by atoms with E-state index in [-0.39, 0.29) is 30.3 Å². The predicted octanol–water partition coefficient (Wildman–Crippen LogP) is 2.03. The molecule has 0 aromatic heterocycles. The van der Waals surface area contributed by atoms with E-state index in [0.717, 1.165) is 36.2 Å². The zero-order chi connectivity index (χ0) is 16.6. The second-order valence-corrected chi connectivity index (χ2v) is 6.74. The molecule has 2 fully saturated rings. The Hall–Kier alpha value is -1.59. The molecule has 5 nitrogen and oxygen atoms in total. The summed E-state index contributed by atoms with van der Waals surface area (Å²) in [5.41, 5.74) is 8.92. The minimum absolute atomic E-state index is 0. The van der Waals surface area contributed by atoms with Gasteiger partial charge in [-0.05, 0) is 56.4 Å². The SMILES string of the molecule is Cc1cc(C)cc(N2CCC(C(=O)N3CCCC3CN)C2=O)c1.Cl. The number of hydrogen-bond acceptors (Lipinski definition) is 3. The molecule has 2 aliphatic heterocycles. The minimum Gasteiger partial charge on any atom is -0.338 e. The van der Waals surface area contributed by atoms with Gasteiger partial charge in [0.15, 0.2) is 0 Å². The van der Waals surface area contributed by atoms with E-state index in [1.165, 1.54) is 0 Å². The summed E-state index contributed by atoms with van der Waals surface area (Å²) in [6.45, 7) is 5.87. The molecule has 3 rings (SSSR count). The van der Waals surface area contributed by atoms with Gasteiger partial charge in [-0.15, -0.1) is 12.4 Å². The van der Waals surface area contributed by atoms with Crippen molar-refractivity contribution in [2.24, 2.45) is 11.7 Å². The van der Waals surface area contributed by atoms with Crippen molar-refractivity contribution in [1.29, 1.82) is 0 Å². The number of amides is 2. The summed E-state index contributed by atoms with van der Waals surface area (Å²) in [5, 5.41) is 0. The molecule has 2 unspecified atom stereocenters. The summed E-state index contributed by atoms with van der Waals surface area (Å²) in [4.78, 5) is 29.1. The summed E-state index contributed by atoms with van der Waals surface area (Å²) in [6.07, 6.45) is 2.53. The Morgan fingerprint density at radius 2 is 1.83 bits per heavy atom. The van der Waals surface area contributed by atoms with E-state index in [4.69, 9.17) is 5.73 Å². The Morgan fingerprint density at radius 3 is 2.46 bits per heavy atom. The largest absolute Gasteiger partial charge is 0.338 e. The van der Waals surface area contributed by atoms with Crippen LogP contribution in [0, 0.1) is 19.8 Å². The van der Waals surface area contributed by atoms with Crippen LogP contribution in [-0.2, 0) is 9.59 Å². The van der Waals surface area contributed by atoms with Gasteiger partial charge < -0.3 is 15.5 Å². The van der Waals surface area contributed by atoms with E-state index in [0.29, 0.717) is 19.5 Å². The van der Waals surface area contributed by atoms with Crippen LogP contribution < -0.4 is 10.6 Å². The molecular formula is C18H26ClN3O2. The zero-order valence-electron chi connectivity index (χ0n) is 14.3. The van der Waals surface area contributed by atoms with Gasteiger partial charge in [0, 0.05) is 31.4 Å². The molecule has 132 valence electrons. The molecule has 2 saturated heterocycles. The number of hydrogen-bond donors (Lipinski definition) is 1. The Labute approximate surface area is 149 Å². The minimum atomic E-state index is -0.539. The van der Waals surface area contributed by atoms with Crippen LogP contribution in [0.3, 0.4) is 0 Å². The van der Waals surface area contributed by atoms with Gasteiger partial charge in [-0.1, -0.05) is 6.07 Å². The Morgan fingerprint density at radius 1 is 1.17 bits per heavy atom. The molecule has 2 amide bonds. The van der Waals surface area contributed by atoms with Crippen LogP contribution in [0.15, 0.2) is 18.2 Å². The normalized spacial score (nSPS) is 23.5. The highest BCUT2D eigenvalue weighted by Crippen LogP contribution is 2.30. The third-order valence-electron chi connectivity index (χ3n) is 4.95. The van der Waals surface area contributed by atoms with Crippen molar-refractivity contribution >= 4 is 29.9 Å². The second-order valence-electron chi connectivity index (χ2n) is 6.74. The van der Waals surface area contributed by atoms with E-state index >= 15 is 0 Å². The summed E-state index contributed by atoms with van der Waals surface area (Å²) in [7, 11) is 0. The monoisotopic (exact) mass is 351 g/mol. The Bertz CT molecular complexity index is 614. The van der Waals surface area contributed by atoms with Gasteiger partial charge in [0.2, 0.25) is 11.8 Å². The second kappa shape index (κ2) is 7.53. The van der Waals surface area contributed by atoms with Crippen LogP contribution >= 0.6 is 12.4 Å². The smallest absolute Gasteiger partial charge is 0.239 e. The van der Waals surface area contributed by atoms with Crippen LogP contribution in [0.4, 0.5) is 5.69 Å². The Kier molecular flexibility index (Phi) is 5.88. The highest BCUT2D eigenvalue weighted by molar-refractivity contribution is 6.09. The van der Waals surface area contributed by atoms with E-state index in [1.807, 2.05) is 30.9 Å². The first-order valence-electron chi connectivity index (χ1n) is 8.41. The maximum atomic E-state index is 12.8. The number of aryl methyl sites for hydroxylation is 2. The molecule has 6 heteroatoms. The molecule has 2 heterocycles. The summed E-state index contributed by atoms with van der Waals surface area (Å²) in [6, 6.07) is 6.21. The molecule has 0 radical (unpaired) electrons. The maximum Gasteiger partial charge on any atom is 0.239 e. The van der Waals surface area contributed by atoms with Crippen molar-refractivity contribution in [1.82, 2.24) is 4.90 Å². The average Bonchev–Trinajstić information content (AvgIpc) is 3.11. The molecule has 0 spiro atoms. The number of nitrogens with two attached hydrogens (primary N) is 1. The number of rotatable bonds is 3. The molecule has 24 heavy (non-hydrogen) atoms. The number of anilines is 1. The number of carbonyl (C=O) groups is 2. The van der Waals surface area contributed by atoms with Crippen molar-refractivity contribution in [2.75, 3.05) is 24.5 Å². The van der Waals surface area contributed by atoms with Crippen LogP contribution in [0.5, 0.6) is 0 Å². The molecular weight excluding hydrogens is 326 g/mol. The lowest BCUT2D eigenvalue weighted by Crippen LogP contribution is -2.45. The van der Waals surface area contributed by atoms with Crippen molar-refractivity contribution < 1.29 is 9.59 Å². The molecule has 1 aromatic carbocycles. The van der Waals surface area contributed by atoms with Gasteiger partial charge in [0.05, 0.1) is 0 Å². The highest BCUT2D eigenvalue weighted by Gasteiger charge is 2.42. The lowest BCUT2D eigenvalue weighted by molar-refractivity contribution is -0.140. The maximum absolute atomic E-state index is 12.8. The van der Waals surface area contributed by atoms with Gasteiger partial charge in [0.25, 0.3) is 0 Å². The molecule has 2 atom stereocenters. The Balaban J connectivity index is 0.00000208. The summed E-state index contributed by atoms with van der Waals surface area (Å²) in [5.74, 6) is -0.638. The molecule has 0 bridgehead atoms. The van der Waals surface area contributed by atoms with E-state index < -0.39 is 5.92 Å². The third kappa shape index (κ3) is 3.42. The zero-order valence-corrected chi connectivity index (χ0v) is 15.1. The number of likely N-dealkylation sites (tertiary alicyclic amines) is 1. The number of nitrogens with zero attached hydrogens (tertiary/aromatic N) is 2. The molecule has 0 aliphatic carbocycles. The molecule has 0 saturated carbocycles. The van der Waals surface area contributed by atoms with Gasteiger partial charge in [-0.2, -0.15) is 0 Å². The number of benzene rings is 1. The van der Waals surface area contributed by atoms with Crippen LogP contribution in [0.1, 0.15) is 30.4 Å². The highest BCUT2D eigenvalue weighted by atomic mass is 35.5. The topological polar surface area (TPSA) is 66.6 Å². The number of carbonyl (C=O) groups excluding carboxylic acids is 2. The van der Waals surface area contributed by atoms with Crippen LogP contribution in [0.2, 0.25) is 0 Å². The summed E-state index contributed by atoms with van der Waals surface area (Å²) < 4.78 is 0. The van der Waals surface area contributed by atoms with Crippen molar-refractivity contribution in [3.05, 3.63) is 29.3 Å². The van der Waals surface area contributed by atoms with E-state index in [1.54, 1.807) is 4.90 Å². The van der Waals surface area contributed by atoms with Gasteiger partial charge in [-0.25, -0.2) is 0 Å². The first-order valence-corrected chi connectivity index (χ1v) is 8.41. The lowest BCUT2D eigenvalue weighted by Gasteiger charge is -2.26. The fourth-order valence-corrected chi connectivity index (χ4v) is 3.84. The predicted molar refractivity (Wildman–Crippen MR) is 97.4 cm³/mol. The standard InChI is InChI=1S/C18H25N3O2.ClH/c1-12-8-13(2)10-15(9-12)21-7-5-16(18(21)23)17(22)20-6-3-4-14(20)11-19;/h8-10,14,16H,3-7,11,19H2,1-2H3;1H. The first-order chi connectivity index (χ1) is 11.0. The quantitative estimate of drug-likeness (QED) is 0.847.